The predicted molar refractivity (Wildman–Crippen MR) is 80.8 cm³/mol. The van der Waals surface area contributed by atoms with Crippen LogP contribution in [-0.2, 0) is 0 Å². The zero-order valence-corrected chi connectivity index (χ0v) is 12.8. The minimum absolute atomic E-state index is 0.315. The Kier molecular flexibility index (Phi) is 7.77. The fourth-order valence-corrected chi connectivity index (χ4v) is 3.93. The molecule has 1 saturated carbocycles. The molecule has 1 aliphatic carbocycles. The van der Waals surface area contributed by atoms with Gasteiger partial charge in [0.2, 0.25) is 0 Å². The lowest BCUT2D eigenvalue weighted by Gasteiger charge is -2.22. The van der Waals surface area contributed by atoms with Crippen LogP contribution in [0.15, 0.2) is 0 Å². The molecule has 18 heavy (non-hydrogen) atoms. The molecule has 1 rings (SSSR count). The third-order valence-electron chi connectivity index (χ3n) is 3.86. The molecule has 3 heteroatoms. The second kappa shape index (κ2) is 8.82. The smallest absolute Gasteiger partial charge is 0.103 e. The fourth-order valence-electron chi connectivity index (χ4n) is 2.68. The first kappa shape index (κ1) is 15.9. The molecule has 0 aromatic carbocycles. The Balaban J connectivity index is 1.98. The molecule has 1 fully saturated rings. The van der Waals surface area contributed by atoms with E-state index in [1.165, 1.54) is 43.6 Å². The molecule has 0 aromatic rings. The highest BCUT2D eigenvalue weighted by atomic mass is 32.2. The average Bonchev–Trinajstić information content (AvgIpc) is 2.87. The van der Waals surface area contributed by atoms with Gasteiger partial charge in [-0.2, -0.15) is 17.0 Å². The number of rotatable bonds is 9. The molecule has 0 spiro atoms. The molecule has 0 aromatic heterocycles. The number of hydrogen-bond acceptors (Lipinski definition) is 3. The molecule has 0 heterocycles. The summed E-state index contributed by atoms with van der Waals surface area (Å²) in [5.74, 6) is 3.63. The van der Waals surface area contributed by atoms with E-state index in [9.17, 15) is 0 Å². The van der Waals surface area contributed by atoms with Crippen LogP contribution in [0.5, 0.6) is 0 Å². The molecule has 2 nitrogen and oxygen atoms in total. The highest BCUT2D eigenvalue weighted by Gasteiger charge is 2.21. The van der Waals surface area contributed by atoms with Crippen molar-refractivity contribution in [2.24, 2.45) is 5.92 Å². The van der Waals surface area contributed by atoms with Gasteiger partial charge in [-0.05, 0) is 63.0 Å². The van der Waals surface area contributed by atoms with Crippen LogP contribution in [0.2, 0.25) is 0 Å². The van der Waals surface area contributed by atoms with Crippen molar-refractivity contribution in [3.8, 4) is 6.07 Å². The van der Waals surface area contributed by atoms with E-state index in [2.05, 4.69) is 30.1 Å². The molecule has 0 amide bonds. The molecule has 1 N–H and O–H groups in total. The fraction of sp³-hybridized carbons (Fsp3) is 0.933. The van der Waals surface area contributed by atoms with Gasteiger partial charge in [-0.1, -0.05) is 19.8 Å². The molecule has 1 aliphatic rings. The molecule has 0 saturated heterocycles. The van der Waals surface area contributed by atoms with Crippen molar-refractivity contribution >= 4 is 11.8 Å². The van der Waals surface area contributed by atoms with E-state index in [1.807, 2.05) is 6.92 Å². The number of thioether (sulfide) groups is 1. The molecule has 0 radical (unpaired) electrons. The van der Waals surface area contributed by atoms with Crippen LogP contribution in [0, 0.1) is 17.2 Å². The Morgan fingerprint density at radius 1 is 1.33 bits per heavy atom. The van der Waals surface area contributed by atoms with E-state index in [0.29, 0.717) is 0 Å². The number of unbranched alkanes of at least 4 members (excludes halogenated alkanes) is 1. The predicted octanol–water partition coefficient (Wildman–Crippen LogP) is 3.97. The maximum Gasteiger partial charge on any atom is 0.103 e. The van der Waals surface area contributed by atoms with Crippen molar-refractivity contribution in [3.05, 3.63) is 0 Å². The summed E-state index contributed by atoms with van der Waals surface area (Å²) in [5.41, 5.74) is -0.315. The summed E-state index contributed by atoms with van der Waals surface area (Å²) in [6.45, 7) is 4.95. The Morgan fingerprint density at radius 2 is 2.06 bits per heavy atom. The van der Waals surface area contributed by atoms with Crippen molar-refractivity contribution in [1.29, 1.82) is 5.26 Å². The van der Waals surface area contributed by atoms with Gasteiger partial charge in [0.25, 0.3) is 0 Å². The van der Waals surface area contributed by atoms with Crippen LogP contribution < -0.4 is 5.32 Å². The van der Waals surface area contributed by atoms with Gasteiger partial charge in [-0.25, -0.2) is 0 Å². The monoisotopic (exact) mass is 268 g/mol. The number of nitrogens with zero attached hydrogens (tertiary/aromatic N) is 1. The van der Waals surface area contributed by atoms with E-state index in [4.69, 9.17) is 5.26 Å². The van der Waals surface area contributed by atoms with Gasteiger partial charge in [0.1, 0.15) is 5.54 Å². The first-order valence-corrected chi connectivity index (χ1v) is 8.59. The summed E-state index contributed by atoms with van der Waals surface area (Å²) in [6.07, 6.45) is 9.21. The number of hydrogen-bond donors (Lipinski definition) is 1. The van der Waals surface area contributed by atoms with Crippen LogP contribution in [0.1, 0.15) is 58.8 Å². The topological polar surface area (TPSA) is 35.8 Å². The second-order valence-electron chi connectivity index (χ2n) is 5.66. The molecular weight excluding hydrogens is 240 g/mol. The summed E-state index contributed by atoms with van der Waals surface area (Å²) in [4.78, 5) is 0. The molecule has 0 bridgehead atoms. The van der Waals surface area contributed by atoms with Crippen molar-refractivity contribution in [2.75, 3.05) is 18.1 Å². The molecule has 1 atom stereocenters. The van der Waals surface area contributed by atoms with Gasteiger partial charge in [-0.3, -0.25) is 5.32 Å². The summed E-state index contributed by atoms with van der Waals surface area (Å²) in [6, 6.07) is 2.40. The summed E-state index contributed by atoms with van der Waals surface area (Å²) in [5, 5.41) is 12.4. The van der Waals surface area contributed by atoms with Gasteiger partial charge >= 0.3 is 0 Å². The van der Waals surface area contributed by atoms with Crippen LogP contribution in [0.25, 0.3) is 0 Å². The Bertz CT molecular complexity index is 256. The van der Waals surface area contributed by atoms with Crippen molar-refractivity contribution in [2.45, 2.75) is 64.3 Å². The van der Waals surface area contributed by atoms with Gasteiger partial charge in [0.15, 0.2) is 0 Å². The third-order valence-corrected chi connectivity index (χ3v) is 5.14. The maximum absolute atomic E-state index is 9.14. The number of nitriles is 1. The van der Waals surface area contributed by atoms with Crippen molar-refractivity contribution < 1.29 is 0 Å². The number of nitrogens with one attached hydrogen (secondary N) is 1. The highest BCUT2D eigenvalue weighted by molar-refractivity contribution is 7.99. The standard InChI is InChI=1S/C15H28N2S/c1-3-17-15(2,13-16)10-6-7-11-18-12-14-8-4-5-9-14/h14,17H,3-12H2,1-2H3. The SMILES string of the molecule is CCNC(C)(C#N)CCCCSCC1CCCC1. The van der Waals surface area contributed by atoms with Crippen LogP contribution >= 0.6 is 11.8 Å². The minimum Gasteiger partial charge on any atom is -0.300 e. The second-order valence-corrected chi connectivity index (χ2v) is 6.81. The van der Waals surface area contributed by atoms with Gasteiger partial charge < -0.3 is 0 Å². The van der Waals surface area contributed by atoms with Gasteiger partial charge in [0.05, 0.1) is 6.07 Å². The van der Waals surface area contributed by atoms with E-state index >= 15 is 0 Å². The van der Waals surface area contributed by atoms with Crippen molar-refractivity contribution in [1.82, 2.24) is 5.32 Å². The van der Waals surface area contributed by atoms with E-state index in [1.54, 1.807) is 0 Å². The lowest BCUT2D eigenvalue weighted by atomic mass is 9.97. The first-order chi connectivity index (χ1) is 8.70. The average molecular weight is 268 g/mol. The van der Waals surface area contributed by atoms with E-state index in [-0.39, 0.29) is 5.54 Å². The van der Waals surface area contributed by atoms with Gasteiger partial charge in [0, 0.05) is 0 Å². The lowest BCUT2D eigenvalue weighted by Crippen LogP contribution is -2.40. The first-order valence-electron chi connectivity index (χ1n) is 7.44. The van der Waals surface area contributed by atoms with Gasteiger partial charge in [-0.15, -0.1) is 0 Å². The van der Waals surface area contributed by atoms with E-state index < -0.39 is 0 Å². The zero-order chi connectivity index (χ0) is 13.3. The largest absolute Gasteiger partial charge is 0.300 e. The van der Waals surface area contributed by atoms with Crippen LogP contribution in [-0.4, -0.2) is 23.6 Å². The minimum atomic E-state index is -0.315. The Hall–Kier alpha value is -0.200. The normalized spacial score (nSPS) is 19.6. The molecule has 0 aliphatic heterocycles. The Morgan fingerprint density at radius 3 is 2.67 bits per heavy atom. The van der Waals surface area contributed by atoms with Crippen LogP contribution in [0.4, 0.5) is 0 Å². The zero-order valence-electron chi connectivity index (χ0n) is 12.0. The van der Waals surface area contributed by atoms with Crippen molar-refractivity contribution in [3.63, 3.8) is 0 Å². The Labute approximate surface area is 117 Å². The quantitative estimate of drug-likeness (QED) is 0.643. The summed E-state index contributed by atoms with van der Waals surface area (Å²) < 4.78 is 0. The molecule has 104 valence electrons. The van der Waals surface area contributed by atoms with E-state index in [0.717, 1.165) is 25.3 Å². The summed E-state index contributed by atoms with van der Waals surface area (Å²) in [7, 11) is 0. The molecule has 1 unspecified atom stereocenters. The highest BCUT2D eigenvalue weighted by Crippen LogP contribution is 2.28. The maximum atomic E-state index is 9.14. The molecular formula is C15H28N2S. The summed E-state index contributed by atoms with van der Waals surface area (Å²) >= 11 is 2.12. The lowest BCUT2D eigenvalue weighted by molar-refractivity contribution is 0.415. The van der Waals surface area contributed by atoms with Crippen LogP contribution in [0.3, 0.4) is 0 Å². The third kappa shape index (κ3) is 6.11.